The van der Waals surface area contributed by atoms with Crippen LogP contribution < -0.4 is 0 Å². The summed E-state index contributed by atoms with van der Waals surface area (Å²) >= 11 is 1.17. The number of thioether (sulfide) groups is 1. The van der Waals surface area contributed by atoms with Crippen molar-refractivity contribution in [3.05, 3.63) is 24.3 Å². The van der Waals surface area contributed by atoms with Crippen LogP contribution in [0.15, 0.2) is 29.2 Å². The third kappa shape index (κ3) is 2.67. The molecule has 0 saturated heterocycles. The summed E-state index contributed by atoms with van der Waals surface area (Å²) in [5.74, 6) is -0.710. The minimum absolute atomic E-state index is 0.136. The molecule has 4 heteroatoms. The van der Waals surface area contributed by atoms with E-state index in [-0.39, 0.29) is 5.75 Å². The highest BCUT2D eigenvalue weighted by molar-refractivity contribution is 8.00. The maximum atomic E-state index is 10.7. The molecule has 14 heavy (non-hydrogen) atoms. The summed E-state index contributed by atoms with van der Waals surface area (Å²) in [6, 6.07) is 6.75. The first kappa shape index (κ1) is 10.9. The van der Waals surface area contributed by atoms with Crippen LogP contribution in [-0.4, -0.2) is 21.4 Å². The van der Waals surface area contributed by atoms with Crippen molar-refractivity contribution < 1.29 is 15.0 Å². The molecule has 0 spiro atoms. The third-order valence-electron chi connectivity index (χ3n) is 1.78. The van der Waals surface area contributed by atoms with Gasteiger partial charge in [-0.3, -0.25) is 4.79 Å². The van der Waals surface area contributed by atoms with Gasteiger partial charge < -0.3 is 10.2 Å². The number of hydrogen-bond acceptors (Lipinski definition) is 3. The molecule has 3 nitrogen and oxygen atoms in total. The van der Waals surface area contributed by atoms with Crippen LogP contribution in [0.3, 0.4) is 0 Å². The monoisotopic (exact) mass is 212 g/mol. The highest BCUT2D eigenvalue weighted by Gasteiger charge is 2.17. The van der Waals surface area contributed by atoms with E-state index < -0.39 is 11.2 Å². The summed E-state index contributed by atoms with van der Waals surface area (Å²) in [7, 11) is 0. The number of rotatable bonds is 4. The molecular formula is C10H12O3S. The van der Waals surface area contributed by atoms with Crippen molar-refractivity contribution in [2.24, 2.45) is 0 Å². The number of carboxylic acid groups (broad SMARTS) is 1. The number of aromatic hydroxyl groups is 1. The van der Waals surface area contributed by atoms with Crippen molar-refractivity contribution in [3.63, 3.8) is 0 Å². The molecule has 0 aliphatic carbocycles. The first-order valence-corrected chi connectivity index (χ1v) is 5.20. The maximum absolute atomic E-state index is 10.7. The zero-order valence-electron chi connectivity index (χ0n) is 7.80. The summed E-state index contributed by atoms with van der Waals surface area (Å²) in [5, 5.41) is 17.7. The van der Waals surface area contributed by atoms with Gasteiger partial charge in [0.1, 0.15) is 11.0 Å². The molecule has 0 saturated carbocycles. The second-order valence-corrected chi connectivity index (χ2v) is 4.07. The Hall–Kier alpha value is -1.16. The lowest BCUT2D eigenvalue weighted by molar-refractivity contribution is -0.136. The summed E-state index contributed by atoms with van der Waals surface area (Å²) < 4.78 is 0. The molecule has 1 atom stereocenters. The summed E-state index contributed by atoms with van der Waals surface area (Å²) in [6.45, 7) is 1.81. The van der Waals surface area contributed by atoms with Gasteiger partial charge in [-0.2, -0.15) is 0 Å². The fourth-order valence-corrected chi connectivity index (χ4v) is 1.94. The van der Waals surface area contributed by atoms with Gasteiger partial charge in [-0.1, -0.05) is 19.1 Å². The number of aliphatic carboxylic acids is 1. The second-order valence-electron chi connectivity index (χ2n) is 2.82. The molecule has 0 amide bonds. The highest BCUT2D eigenvalue weighted by atomic mass is 32.2. The van der Waals surface area contributed by atoms with E-state index in [0.29, 0.717) is 11.3 Å². The quantitative estimate of drug-likeness (QED) is 0.752. The van der Waals surface area contributed by atoms with Crippen molar-refractivity contribution >= 4 is 17.7 Å². The second kappa shape index (κ2) is 4.91. The third-order valence-corrected chi connectivity index (χ3v) is 3.20. The number of carbonyl (C=O) groups is 1. The molecule has 2 N–H and O–H groups in total. The zero-order chi connectivity index (χ0) is 10.6. The van der Waals surface area contributed by atoms with E-state index in [9.17, 15) is 9.90 Å². The van der Waals surface area contributed by atoms with Crippen molar-refractivity contribution in [2.45, 2.75) is 23.5 Å². The lowest BCUT2D eigenvalue weighted by atomic mass is 10.3. The number of hydrogen-bond donors (Lipinski definition) is 2. The molecule has 0 aromatic heterocycles. The van der Waals surface area contributed by atoms with E-state index in [2.05, 4.69) is 0 Å². The van der Waals surface area contributed by atoms with E-state index in [0.717, 1.165) is 0 Å². The average molecular weight is 212 g/mol. The molecular weight excluding hydrogens is 200 g/mol. The van der Waals surface area contributed by atoms with Crippen LogP contribution in [0, 0.1) is 0 Å². The lowest BCUT2D eigenvalue weighted by Crippen LogP contribution is -2.14. The normalized spacial score (nSPS) is 12.4. The molecule has 1 aromatic carbocycles. The summed E-state index contributed by atoms with van der Waals surface area (Å²) in [6.07, 6.45) is 0.536. The van der Waals surface area contributed by atoms with Gasteiger partial charge in [-0.25, -0.2) is 0 Å². The fraction of sp³-hybridized carbons (Fsp3) is 0.300. The largest absolute Gasteiger partial charge is 0.507 e. The van der Waals surface area contributed by atoms with E-state index in [1.165, 1.54) is 11.8 Å². The molecule has 76 valence electrons. The van der Waals surface area contributed by atoms with Crippen molar-refractivity contribution in [1.29, 1.82) is 0 Å². The number of phenolic OH excluding ortho intramolecular Hbond substituents is 1. The van der Waals surface area contributed by atoms with E-state index in [1.807, 2.05) is 6.92 Å². The molecule has 0 aliphatic rings. The van der Waals surface area contributed by atoms with Crippen LogP contribution in [0.4, 0.5) is 0 Å². The van der Waals surface area contributed by atoms with Crippen LogP contribution in [-0.2, 0) is 4.79 Å². The van der Waals surface area contributed by atoms with Gasteiger partial charge in [0.15, 0.2) is 0 Å². The predicted octanol–water partition coefficient (Wildman–Crippen LogP) is 2.35. The average Bonchev–Trinajstić information content (AvgIpc) is 2.16. The van der Waals surface area contributed by atoms with Gasteiger partial charge in [0.05, 0.1) is 0 Å². The van der Waals surface area contributed by atoms with Crippen LogP contribution in [0.25, 0.3) is 0 Å². The first-order valence-electron chi connectivity index (χ1n) is 4.32. The number of para-hydroxylation sites is 1. The Morgan fingerprint density at radius 1 is 1.50 bits per heavy atom. The Morgan fingerprint density at radius 2 is 2.14 bits per heavy atom. The standard InChI is InChI=1S/C10H12O3S/c1-2-8(10(12)13)14-9-6-4-3-5-7(9)11/h3-6,8,11H,2H2,1H3,(H,12,13). The smallest absolute Gasteiger partial charge is 0.316 e. The molecule has 0 heterocycles. The van der Waals surface area contributed by atoms with Crippen LogP contribution >= 0.6 is 11.8 Å². The summed E-state index contributed by atoms with van der Waals surface area (Å²) in [4.78, 5) is 11.4. The Kier molecular flexibility index (Phi) is 3.83. The van der Waals surface area contributed by atoms with Crippen molar-refractivity contribution in [2.75, 3.05) is 0 Å². The van der Waals surface area contributed by atoms with Gasteiger partial charge >= 0.3 is 5.97 Å². The van der Waals surface area contributed by atoms with Crippen LogP contribution in [0.5, 0.6) is 5.75 Å². The highest BCUT2D eigenvalue weighted by Crippen LogP contribution is 2.32. The molecule has 0 aliphatic heterocycles. The minimum Gasteiger partial charge on any atom is -0.507 e. The molecule has 0 fully saturated rings. The molecule has 1 rings (SSSR count). The van der Waals surface area contributed by atoms with Crippen molar-refractivity contribution in [3.8, 4) is 5.75 Å². The van der Waals surface area contributed by atoms with E-state index in [1.54, 1.807) is 24.3 Å². The Labute approximate surface area is 86.8 Å². The fourth-order valence-electron chi connectivity index (χ4n) is 1.02. The van der Waals surface area contributed by atoms with Gasteiger partial charge in [-0.15, -0.1) is 11.8 Å². The van der Waals surface area contributed by atoms with E-state index >= 15 is 0 Å². The lowest BCUT2D eigenvalue weighted by Gasteiger charge is -2.09. The number of phenols is 1. The van der Waals surface area contributed by atoms with Gasteiger partial charge in [0, 0.05) is 4.90 Å². The molecule has 1 aromatic rings. The first-order chi connectivity index (χ1) is 6.65. The Morgan fingerprint density at radius 3 is 2.64 bits per heavy atom. The molecule has 0 radical (unpaired) electrons. The maximum Gasteiger partial charge on any atom is 0.316 e. The van der Waals surface area contributed by atoms with Crippen molar-refractivity contribution in [1.82, 2.24) is 0 Å². The van der Waals surface area contributed by atoms with Crippen LogP contribution in [0.2, 0.25) is 0 Å². The predicted molar refractivity (Wildman–Crippen MR) is 55.7 cm³/mol. The van der Waals surface area contributed by atoms with Gasteiger partial charge in [-0.05, 0) is 18.6 Å². The topological polar surface area (TPSA) is 57.5 Å². The minimum atomic E-state index is -0.847. The Balaban J connectivity index is 2.77. The van der Waals surface area contributed by atoms with Crippen LogP contribution in [0.1, 0.15) is 13.3 Å². The molecule has 1 unspecified atom stereocenters. The van der Waals surface area contributed by atoms with Gasteiger partial charge in [0.2, 0.25) is 0 Å². The summed E-state index contributed by atoms with van der Waals surface area (Å²) in [5.41, 5.74) is 0. The Bertz CT molecular complexity index is 325. The van der Waals surface area contributed by atoms with Gasteiger partial charge in [0.25, 0.3) is 0 Å². The van der Waals surface area contributed by atoms with E-state index in [4.69, 9.17) is 5.11 Å². The molecule has 0 bridgehead atoms. The number of carboxylic acids is 1. The SMILES string of the molecule is CCC(Sc1ccccc1O)C(=O)O. The number of benzene rings is 1. The zero-order valence-corrected chi connectivity index (χ0v) is 8.62.